The van der Waals surface area contributed by atoms with Crippen LogP contribution in [0, 0.1) is 0 Å². The number of rotatable bonds is 3. The fourth-order valence-corrected chi connectivity index (χ4v) is 1.30. The minimum absolute atomic E-state index is 0.219. The van der Waals surface area contributed by atoms with Gasteiger partial charge >= 0.3 is 5.97 Å². The number of hydrogen-bond acceptors (Lipinski definition) is 5. The van der Waals surface area contributed by atoms with Crippen molar-refractivity contribution in [3.8, 4) is 0 Å². The van der Waals surface area contributed by atoms with Gasteiger partial charge in [0.25, 0.3) is 5.91 Å². The third-order valence-electron chi connectivity index (χ3n) is 1.65. The lowest BCUT2D eigenvalue weighted by Gasteiger charge is -2.06. The molecule has 0 aliphatic carbocycles. The van der Waals surface area contributed by atoms with Gasteiger partial charge in [0.15, 0.2) is 6.61 Å². The van der Waals surface area contributed by atoms with Gasteiger partial charge in [0.05, 0.1) is 5.56 Å². The molecule has 0 atom stereocenters. The molecular formula is C10H10BrN3O4. The second-order valence-electron chi connectivity index (χ2n) is 3.20. The molecule has 0 fully saturated rings. The molecule has 18 heavy (non-hydrogen) atoms. The highest BCUT2D eigenvalue weighted by Gasteiger charge is 2.10. The lowest BCUT2D eigenvalue weighted by atomic mass is 10.3. The van der Waals surface area contributed by atoms with Crippen molar-refractivity contribution < 1.29 is 19.1 Å². The van der Waals surface area contributed by atoms with Gasteiger partial charge in [0.1, 0.15) is 0 Å². The van der Waals surface area contributed by atoms with Gasteiger partial charge in [-0.2, -0.15) is 0 Å². The summed E-state index contributed by atoms with van der Waals surface area (Å²) in [6, 6.07) is 1.51. The van der Waals surface area contributed by atoms with Gasteiger partial charge in [0.2, 0.25) is 5.91 Å². The highest BCUT2D eigenvalue weighted by molar-refractivity contribution is 9.10. The lowest BCUT2D eigenvalue weighted by Crippen LogP contribution is -2.42. The topological polar surface area (TPSA) is 97.4 Å². The molecule has 96 valence electrons. The average Bonchev–Trinajstić information content (AvgIpc) is 2.33. The van der Waals surface area contributed by atoms with Crippen LogP contribution in [0.25, 0.3) is 0 Å². The van der Waals surface area contributed by atoms with E-state index in [4.69, 9.17) is 4.74 Å². The van der Waals surface area contributed by atoms with Gasteiger partial charge < -0.3 is 4.74 Å². The molecule has 7 nitrogen and oxygen atoms in total. The summed E-state index contributed by atoms with van der Waals surface area (Å²) in [7, 11) is 0. The maximum absolute atomic E-state index is 11.5. The molecular weight excluding hydrogens is 306 g/mol. The Morgan fingerprint density at radius 1 is 1.33 bits per heavy atom. The second-order valence-corrected chi connectivity index (χ2v) is 4.11. The third kappa shape index (κ3) is 4.91. The summed E-state index contributed by atoms with van der Waals surface area (Å²) in [5, 5.41) is 0. The zero-order valence-corrected chi connectivity index (χ0v) is 11.0. The van der Waals surface area contributed by atoms with E-state index >= 15 is 0 Å². The number of carbonyl (C=O) groups excluding carboxylic acids is 3. The second kappa shape index (κ2) is 6.70. The number of carbonyl (C=O) groups is 3. The fraction of sp³-hybridized carbons (Fsp3) is 0.200. The molecule has 1 aromatic heterocycles. The quantitative estimate of drug-likeness (QED) is 0.612. The summed E-state index contributed by atoms with van der Waals surface area (Å²) in [5.74, 6) is -1.74. The van der Waals surface area contributed by atoms with Crippen LogP contribution in [0.15, 0.2) is 22.9 Å². The number of hydrazine groups is 1. The lowest BCUT2D eigenvalue weighted by molar-refractivity contribution is -0.129. The van der Waals surface area contributed by atoms with Crippen LogP contribution in [0.2, 0.25) is 0 Å². The van der Waals surface area contributed by atoms with Crippen LogP contribution in [0.5, 0.6) is 0 Å². The summed E-state index contributed by atoms with van der Waals surface area (Å²) in [4.78, 5) is 36.9. The molecule has 0 bridgehead atoms. The molecule has 0 radical (unpaired) electrons. The highest BCUT2D eigenvalue weighted by atomic mass is 79.9. The van der Waals surface area contributed by atoms with E-state index in [1.807, 2.05) is 0 Å². The fourth-order valence-electron chi connectivity index (χ4n) is 0.932. The molecule has 1 rings (SSSR count). The van der Waals surface area contributed by atoms with Gasteiger partial charge in [-0.3, -0.25) is 25.4 Å². The van der Waals surface area contributed by atoms with Crippen molar-refractivity contribution in [3.63, 3.8) is 0 Å². The predicted molar refractivity (Wildman–Crippen MR) is 64.2 cm³/mol. The molecule has 0 aliphatic heterocycles. The Hall–Kier alpha value is -1.96. The third-order valence-corrected chi connectivity index (χ3v) is 2.09. The van der Waals surface area contributed by atoms with E-state index in [1.165, 1.54) is 25.4 Å². The number of nitrogens with one attached hydrogen (secondary N) is 2. The van der Waals surface area contributed by atoms with E-state index in [1.54, 1.807) is 0 Å². The monoisotopic (exact) mass is 315 g/mol. The minimum Gasteiger partial charge on any atom is -0.452 e. The highest BCUT2D eigenvalue weighted by Crippen LogP contribution is 2.10. The molecule has 0 saturated carbocycles. The van der Waals surface area contributed by atoms with Gasteiger partial charge in [-0.05, 0) is 22.0 Å². The van der Waals surface area contributed by atoms with Crippen LogP contribution in [0.1, 0.15) is 17.3 Å². The Morgan fingerprint density at radius 2 is 2.06 bits per heavy atom. The van der Waals surface area contributed by atoms with Gasteiger partial charge in [-0.25, -0.2) is 4.79 Å². The molecule has 0 aromatic carbocycles. The summed E-state index contributed by atoms with van der Waals surface area (Å²) in [6.45, 7) is 0.741. The van der Waals surface area contributed by atoms with Crippen molar-refractivity contribution in [1.82, 2.24) is 15.8 Å². The maximum Gasteiger partial charge on any atom is 0.340 e. The smallest absolute Gasteiger partial charge is 0.340 e. The van der Waals surface area contributed by atoms with Gasteiger partial charge in [-0.15, -0.1) is 0 Å². The van der Waals surface area contributed by atoms with Gasteiger partial charge in [0, 0.05) is 23.8 Å². The van der Waals surface area contributed by atoms with Crippen LogP contribution < -0.4 is 10.9 Å². The Bertz CT molecular complexity index is 478. The van der Waals surface area contributed by atoms with Gasteiger partial charge in [-0.1, -0.05) is 0 Å². The molecule has 0 spiro atoms. The first-order chi connectivity index (χ1) is 8.49. The first-order valence-corrected chi connectivity index (χ1v) is 5.61. The summed E-state index contributed by atoms with van der Waals surface area (Å²) >= 11 is 3.15. The van der Waals surface area contributed by atoms with Crippen molar-refractivity contribution in [2.24, 2.45) is 0 Å². The van der Waals surface area contributed by atoms with E-state index in [-0.39, 0.29) is 5.56 Å². The zero-order chi connectivity index (χ0) is 13.5. The van der Waals surface area contributed by atoms with Crippen LogP contribution in [-0.2, 0) is 14.3 Å². The standard InChI is InChI=1S/C10H10BrN3O4/c1-6(15)13-14-9(16)5-18-10(17)7-2-8(11)4-12-3-7/h2-4H,5H2,1H3,(H,13,15)(H,14,16). The van der Waals surface area contributed by atoms with Crippen molar-refractivity contribution in [2.45, 2.75) is 6.92 Å². The SMILES string of the molecule is CC(=O)NNC(=O)COC(=O)c1cncc(Br)c1. The van der Waals surface area contributed by atoms with E-state index in [0.717, 1.165) is 0 Å². The molecule has 1 aromatic rings. The average molecular weight is 316 g/mol. The maximum atomic E-state index is 11.5. The Kier molecular flexibility index (Phi) is 5.25. The molecule has 2 amide bonds. The van der Waals surface area contributed by atoms with E-state index < -0.39 is 24.4 Å². The number of esters is 1. The molecule has 2 N–H and O–H groups in total. The Morgan fingerprint density at radius 3 is 2.67 bits per heavy atom. The van der Waals surface area contributed by atoms with Crippen LogP contribution in [-0.4, -0.2) is 29.4 Å². The first-order valence-electron chi connectivity index (χ1n) is 4.82. The number of ether oxygens (including phenoxy) is 1. The largest absolute Gasteiger partial charge is 0.452 e. The number of hydrogen-bond donors (Lipinski definition) is 2. The number of nitrogens with zero attached hydrogens (tertiary/aromatic N) is 1. The minimum atomic E-state index is -0.679. The normalized spacial score (nSPS) is 9.44. The zero-order valence-electron chi connectivity index (χ0n) is 9.40. The number of halogens is 1. The van der Waals surface area contributed by atoms with Crippen LogP contribution in [0.4, 0.5) is 0 Å². The molecule has 8 heteroatoms. The summed E-state index contributed by atoms with van der Waals surface area (Å²) in [6.07, 6.45) is 2.83. The predicted octanol–water partition coefficient (Wildman–Crippen LogP) is 0.168. The number of pyridine rings is 1. The van der Waals surface area contributed by atoms with Crippen molar-refractivity contribution in [3.05, 3.63) is 28.5 Å². The Balaban J connectivity index is 2.42. The first kappa shape index (κ1) is 14.1. The van der Waals surface area contributed by atoms with E-state index in [0.29, 0.717) is 4.47 Å². The molecule has 1 heterocycles. The van der Waals surface area contributed by atoms with Crippen molar-refractivity contribution in [1.29, 1.82) is 0 Å². The van der Waals surface area contributed by atoms with Crippen molar-refractivity contribution in [2.75, 3.05) is 6.61 Å². The Labute approximate surface area is 111 Å². The number of aromatic nitrogens is 1. The summed E-state index contributed by atoms with van der Waals surface area (Å²) in [5.41, 5.74) is 4.35. The van der Waals surface area contributed by atoms with Crippen LogP contribution in [0.3, 0.4) is 0 Å². The van der Waals surface area contributed by atoms with Crippen LogP contribution >= 0.6 is 15.9 Å². The molecule has 0 unspecified atom stereocenters. The number of amides is 2. The van der Waals surface area contributed by atoms with E-state index in [9.17, 15) is 14.4 Å². The molecule has 0 aliphatic rings. The van der Waals surface area contributed by atoms with Crippen molar-refractivity contribution >= 4 is 33.7 Å². The molecule has 0 saturated heterocycles. The van der Waals surface area contributed by atoms with E-state index in [2.05, 4.69) is 31.8 Å². The summed E-state index contributed by atoms with van der Waals surface area (Å²) < 4.78 is 5.34.